The van der Waals surface area contributed by atoms with Crippen molar-refractivity contribution in [2.24, 2.45) is 0 Å². The molecule has 0 unspecified atom stereocenters. The monoisotopic (exact) mass is 96.0 g/mol. The molecule has 0 aromatic carbocycles. The van der Waals surface area contributed by atoms with E-state index in [-0.39, 0.29) is 0 Å². The van der Waals surface area contributed by atoms with Crippen LogP contribution in [0.1, 0.15) is 0 Å². The molecular formula is C4H3NP. The van der Waals surface area contributed by atoms with Gasteiger partial charge in [-0.25, -0.2) is 4.75 Å². The fourth-order valence-electron chi connectivity index (χ4n) is 0.225. The number of aromatic nitrogens is 1. The first-order chi connectivity index (χ1) is 3.00. The maximum Gasteiger partial charge on any atom is 0.0939 e. The molecule has 0 aliphatic carbocycles. The van der Waals surface area contributed by atoms with Crippen LogP contribution >= 0.6 is 8.35 Å². The number of hydrogen-bond donors (Lipinski definition) is 0. The van der Waals surface area contributed by atoms with Crippen LogP contribution < -0.4 is 0 Å². The van der Waals surface area contributed by atoms with Crippen molar-refractivity contribution < 1.29 is 0 Å². The van der Waals surface area contributed by atoms with Crippen molar-refractivity contribution in [1.82, 2.24) is 4.75 Å². The minimum Gasteiger partial charge on any atom is -0.226 e. The van der Waals surface area contributed by atoms with Crippen molar-refractivity contribution in [3.8, 4) is 0 Å². The Hall–Kier alpha value is -0.420. The minimum atomic E-state index is 1.00. The smallest absolute Gasteiger partial charge is 0.0939 e. The molecule has 0 N–H and O–H groups in total. The molecule has 1 aromatic heterocycles. The molecule has 6 heavy (non-hydrogen) atoms. The molecular weight excluding hydrogens is 93.0 g/mol. The van der Waals surface area contributed by atoms with Crippen molar-refractivity contribution in [3.05, 3.63) is 24.1 Å². The third-order valence-electron chi connectivity index (χ3n) is 0.439. The molecule has 0 fully saturated rings. The molecule has 1 radical (unpaired) electrons. The third-order valence-corrected chi connectivity index (χ3v) is 0.975. The van der Waals surface area contributed by atoms with Gasteiger partial charge < -0.3 is 0 Å². The van der Waals surface area contributed by atoms with Gasteiger partial charge in [-0.3, -0.25) is 0 Å². The molecule has 0 aliphatic heterocycles. The maximum atomic E-state index is 3.76. The lowest BCUT2D eigenvalue weighted by atomic mass is 10.7. The third kappa shape index (κ3) is 0.765. The van der Waals surface area contributed by atoms with E-state index in [1.165, 1.54) is 0 Å². The Morgan fingerprint density at radius 1 is 1.67 bits per heavy atom. The molecule has 0 aliphatic rings. The summed E-state index contributed by atoms with van der Waals surface area (Å²) in [6.45, 7) is 0. The van der Waals surface area contributed by atoms with Crippen LogP contribution in [0.4, 0.5) is 0 Å². The predicted octanol–water partition coefficient (Wildman–Crippen LogP) is 1.46. The fourth-order valence-corrected chi connectivity index (χ4v) is 0.588. The SMILES string of the molecule is [c]1cccpn1. The summed E-state index contributed by atoms with van der Waals surface area (Å²) in [4.78, 5) is 0. The van der Waals surface area contributed by atoms with E-state index in [4.69, 9.17) is 0 Å². The first kappa shape index (κ1) is 3.76. The summed E-state index contributed by atoms with van der Waals surface area (Å²) < 4.78 is 3.76. The Morgan fingerprint density at radius 2 is 2.67 bits per heavy atom. The molecule has 0 atom stereocenters. The molecule has 1 nitrogen and oxygen atoms in total. The van der Waals surface area contributed by atoms with E-state index in [1.54, 1.807) is 6.07 Å². The molecule has 2 heteroatoms. The quantitative estimate of drug-likeness (QED) is 0.476. The van der Waals surface area contributed by atoms with Crippen LogP contribution in [0.25, 0.3) is 0 Å². The standard InChI is InChI=1S/C4H3NP/c1-2-4-6-5-3-1/h1-2,4H. The average molecular weight is 96.0 g/mol. The topological polar surface area (TPSA) is 12.9 Å². The van der Waals surface area contributed by atoms with E-state index in [9.17, 15) is 0 Å². The summed E-state index contributed by atoms with van der Waals surface area (Å²) in [5.74, 6) is 1.95. The molecule has 1 rings (SSSR count). The first-order valence-corrected chi connectivity index (χ1v) is 2.55. The Kier molecular flexibility index (Phi) is 1.18. The zero-order valence-electron chi connectivity index (χ0n) is 3.13. The van der Waals surface area contributed by atoms with Crippen LogP contribution in [0.2, 0.25) is 0 Å². The molecule has 0 saturated heterocycles. The number of hydrogen-bond acceptors (Lipinski definition) is 1. The van der Waals surface area contributed by atoms with Gasteiger partial charge in [0.05, 0.1) is 6.20 Å². The van der Waals surface area contributed by atoms with Gasteiger partial charge in [0.25, 0.3) is 0 Å². The van der Waals surface area contributed by atoms with Crippen molar-refractivity contribution in [2.45, 2.75) is 0 Å². The summed E-state index contributed by atoms with van der Waals surface area (Å²) in [6, 6.07) is 3.71. The van der Waals surface area contributed by atoms with Gasteiger partial charge in [0.15, 0.2) is 0 Å². The van der Waals surface area contributed by atoms with E-state index in [1.807, 2.05) is 11.9 Å². The number of nitrogens with zero attached hydrogens (tertiary/aromatic N) is 1. The van der Waals surface area contributed by atoms with E-state index in [0.717, 1.165) is 8.35 Å². The van der Waals surface area contributed by atoms with Gasteiger partial charge in [0.2, 0.25) is 0 Å². The van der Waals surface area contributed by atoms with Crippen molar-refractivity contribution in [3.63, 3.8) is 0 Å². The van der Waals surface area contributed by atoms with E-state index in [0.29, 0.717) is 0 Å². The van der Waals surface area contributed by atoms with Gasteiger partial charge in [-0.05, 0) is 11.9 Å². The molecule has 0 amide bonds. The molecule has 0 spiro atoms. The van der Waals surface area contributed by atoms with E-state index < -0.39 is 0 Å². The van der Waals surface area contributed by atoms with Crippen molar-refractivity contribution >= 4 is 8.35 Å². The summed E-state index contributed by atoms with van der Waals surface area (Å²) in [7, 11) is 1.00. The van der Waals surface area contributed by atoms with Crippen LogP contribution in [0.5, 0.6) is 0 Å². The van der Waals surface area contributed by atoms with Gasteiger partial charge in [-0.1, -0.05) is 6.07 Å². The predicted molar refractivity (Wildman–Crippen MR) is 25.6 cm³/mol. The zero-order valence-corrected chi connectivity index (χ0v) is 4.02. The molecule has 0 saturated carbocycles. The lowest BCUT2D eigenvalue weighted by Crippen LogP contribution is -1.51. The number of rotatable bonds is 0. The van der Waals surface area contributed by atoms with Crippen LogP contribution in [0, 0.1) is 6.20 Å². The van der Waals surface area contributed by atoms with Gasteiger partial charge >= 0.3 is 0 Å². The van der Waals surface area contributed by atoms with Gasteiger partial charge in [0.1, 0.15) is 0 Å². The lowest BCUT2D eigenvalue weighted by molar-refractivity contribution is 1.51. The van der Waals surface area contributed by atoms with Gasteiger partial charge in [-0.2, -0.15) is 0 Å². The molecule has 0 bridgehead atoms. The highest BCUT2D eigenvalue weighted by molar-refractivity contribution is 7.24. The molecule has 1 aromatic rings. The Balaban J connectivity index is 3.00. The average Bonchev–Trinajstić information content (AvgIpc) is 1.72. The Bertz CT molecular complexity index is 79.5. The van der Waals surface area contributed by atoms with Crippen molar-refractivity contribution in [1.29, 1.82) is 0 Å². The highest BCUT2D eigenvalue weighted by Gasteiger charge is 1.61. The van der Waals surface area contributed by atoms with Crippen LogP contribution in [0.3, 0.4) is 0 Å². The second-order valence-electron chi connectivity index (χ2n) is 0.853. The van der Waals surface area contributed by atoms with Crippen LogP contribution in [-0.2, 0) is 0 Å². The second-order valence-corrected chi connectivity index (χ2v) is 1.58. The second kappa shape index (κ2) is 1.89. The highest BCUT2D eigenvalue weighted by atomic mass is 31.0. The summed E-state index contributed by atoms with van der Waals surface area (Å²) in [5.41, 5.74) is 0. The highest BCUT2D eigenvalue weighted by Crippen LogP contribution is 1.90. The Morgan fingerprint density at radius 3 is 2.83 bits per heavy atom. The minimum absolute atomic E-state index is 1.00. The van der Waals surface area contributed by atoms with Gasteiger partial charge in [0, 0.05) is 8.35 Å². The summed E-state index contributed by atoms with van der Waals surface area (Å²) in [6.07, 6.45) is 2.69. The first-order valence-electron chi connectivity index (χ1n) is 1.64. The summed E-state index contributed by atoms with van der Waals surface area (Å²) in [5, 5.41) is 0. The van der Waals surface area contributed by atoms with E-state index >= 15 is 0 Å². The lowest BCUT2D eigenvalue weighted by Gasteiger charge is -1.67. The van der Waals surface area contributed by atoms with Gasteiger partial charge in [-0.15, -0.1) is 0 Å². The normalized spacial score (nSPS) is 9.33. The molecule has 1 heterocycles. The van der Waals surface area contributed by atoms with Crippen LogP contribution in [0.15, 0.2) is 17.9 Å². The van der Waals surface area contributed by atoms with Crippen molar-refractivity contribution in [2.75, 3.05) is 0 Å². The Labute approximate surface area is 38.2 Å². The van der Waals surface area contributed by atoms with E-state index in [2.05, 4.69) is 10.9 Å². The summed E-state index contributed by atoms with van der Waals surface area (Å²) >= 11 is 0. The zero-order chi connectivity index (χ0) is 4.24. The largest absolute Gasteiger partial charge is 0.226 e. The van der Waals surface area contributed by atoms with Crippen LogP contribution in [-0.4, -0.2) is 4.75 Å². The maximum absolute atomic E-state index is 3.76. The molecule has 29 valence electrons. The fraction of sp³-hybridized carbons (Fsp3) is 0.